The van der Waals surface area contributed by atoms with E-state index in [0.29, 0.717) is 0 Å². The second-order valence-electron chi connectivity index (χ2n) is 6.51. The standard InChI is InChI=1S/C21H11F9O/c1-10-2-7-14(19(25)18(10)24)11-3-5-12(6-4-11)21(29,30)31-13-8-15(22)17(16(23)9-13)20(26,27)28/h2-9H,1H3. The number of benzene rings is 3. The predicted molar refractivity (Wildman–Crippen MR) is 92.4 cm³/mol. The summed E-state index contributed by atoms with van der Waals surface area (Å²) < 4.78 is 126. The summed E-state index contributed by atoms with van der Waals surface area (Å²) in [6, 6.07) is 6.18. The molecule has 0 atom stereocenters. The lowest BCUT2D eigenvalue weighted by Crippen LogP contribution is -2.22. The third-order valence-electron chi connectivity index (χ3n) is 4.35. The first-order valence-corrected chi connectivity index (χ1v) is 8.50. The van der Waals surface area contributed by atoms with Gasteiger partial charge in [0.15, 0.2) is 11.6 Å². The Balaban J connectivity index is 1.89. The van der Waals surface area contributed by atoms with Crippen LogP contribution in [-0.2, 0) is 12.3 Å². The molecule has 0 saturated carbocycles. The fraction of sp³-hybridized carbons (Fsp3) is 0.143. The van der Waals surface area contributed by atoms with Gasteiger partial charge in [0.1, 0.15) is 22.9 Å². The molecule has 0 amide bonds. The molecule has 1 nitrogen and oxygen atoms in total. The minimum atomic E-state index is -5.37. The number of hydrogen-bond donors (Lipinski definition) is 0. The van der Waals surface area contributed by atoms with E-state index in [4.69, 9.17) is 0 Å². The highest BCUT2D eigenvalue weighted by Gasteiger charge is 2.40. The highest BCUT2D eigenvalue weighted by Crippen LogP contribution is 2.38. The Morgan fingerprint density at radius 3 is 1.77 bits per heavy atom. The molecular formula is C21H11F9O. The molecule has 0 fully saturated rings. The van der Waals surface area contributed by atoms with Gasteiger partial charge >= 0.3 is 12.3 Å². The van der Waals surface area contributed by atoms with Crippen LogP contribution in [0.3, 0.4) is 0 Å². The van der Waals surface area contributed by atoms with Gasteiger partial charge < -0.3 is 4.74 Å². The van der Waals surface area contributed by atoms with Crippen molar-refractivity contribution in [3.05, 3.63) is 88.5 Å². The number of ether oxygens (including phenoxy) is 1. The lowest BCUT2D eigenvalue weighted by Gasteiger charge is -2.19. The number of alkyl halides is 5. The topological polar surface area (TPSA) is 9.23 Å². The van der Waals surface area contributed by atoms with Gasteiger partial charge in [0.2, 0.25) is 0 Å². The minimum Gasteiger partial charge on any atom is -0.429 e. The van der Waals surface area contributed by atoms with Crippen LogP contribution in [-0.4, -0.2) is 0 Å². The Bertz CT molecular complexity index is 1100. The van der Waals surface area contributed by atoms with Crippen molar-refractivity contribution in [3.63, 3.8) is 0 Å². The van der Waals surface area contributed by atoms with Crippen molar-refractivity contribution in [2.45, 2.75) is 19.2 Å². The van der Waals surface area contributed by atoms with Gasteiger partial charge in [0.05, 0.1) is 5.56 Å². The average Bonchev–Trinajstić information content (AvgIpc) is 2.64. The first kappa shape index (κ1) is 22.5. The SMILES string of the molecule is Cc1ccc(-c2ccc(C(F)(F)Oc3cc(F)c(C(F)(F)F)c(F)c3)cc2)c(F)c1F. The minimum absolute atomic E-state index is 0.0152. The van der Waals surface area contributed by atoms with Gasteiger partial charge in [-0.25, -0.2) is 17.6 Å². The predicted octanol–water partition coefficient (Wildman–Crippen LogP) is 7.37. The van der Waals surface area contributed by atoms with Crippen LogP contribution < -0.4 is 4.74 Å². The van der Waals surface area contributed by atoms with Crippen LogP contribution in [0.15, 0.2) is 48.5 Å². The van der Waals surface area contributed by atoms with E-state index in [9.17, 15) is 39.5 Å². The molecule has 3 aromatic rings. The number of hydrogen-bond acceptors (Lipinski definition) is 1. The first-order valence-electron chi connectivity index (χ1n) is 8.50. The third-order valence-corrected chi connectivity index (χ3v) is 4.35. The molecule has 31 heavy (non-hydrogen) atoms. The quantitative estimate of drug-likeness (QED) is 0.377. The molecule has 0 spiro atoms. The van der Waals surface area contributed by atoms with Crippen molar-refractivity contribution in [1.82, 2.24) is 0 Å². The zero-order valence-electron chi connectivity index (χ0n) is 15.4. The molecule has 0 aliphatic rings. The van der Waals surface area contributed by atoms with Crippen LogP contribution in [0.5, 0.6) is 5.75 Å². The van der Waals surface area contributed by atoms with Gasteiger partial charge in [-0.1, -0.05) is 24.3 Å². The van der Waals surface area contributed by atoms with Crippen LogP contribution in [0, 0.1) is 30.2 Å². The van der Waals surface area contributed by atoms with Crippen LogP contribution in [0.2, 0.25) is 0 Å². The van der Waals surface area contributed by atoms with E-state index < -0.39 is 52.4 Å². The highest BCUT2D eigenvalue weighted by atomic mass is 19.4. The molecule has 0 bridgehead atoms. The molecule has 3 rings (SSSR count). The van der Waals surface area contributed by atoms with Crippen molar-refractivity contribution >= 4 is 0 Å². The van der Waals surface area contributed by atoms with Gasteiger partial charge in [0.25, 0.3) is 0 Å². The number of aryl methyl sites for hydroxylation is 1. The first-order chi connectivity index (χ1) is 14.3. The molecule has 0 aliphatic heterocycles. The molecule has 0 heterocycles. The second kappa shape index (κ2) is 7.82. The van der Waals surface area contributed by atoms with Crippen molar-refractivity contribution in [2.24, 2.45) is 0 Å². The maximum atomic E-state index is 14.3. The van der Waals surface area contributed by atoms with E-state index in [1.54, 1.807) is 0 Å². The van der Waals surface area contributed by atoms with Gasteiger partial charge in [-0.2, -0.15) is 22.0 Å². The van der Waals surface area contributed by atoms with Crippen LogP contribution >= 0.6 is 0 Å². The molecule has 0 aliphatic carbocycles. The molecular weight excluding hydrogens is 439 g/mol. The Hall–Kier alpha value is -3.17. The van der Waals surface area contributed by atoms with E-state index in [0.717, 1.165) is 24.3 Å². The molecule has 0 saturated heterocycles. The molecule has 0 radical (unpaired) electrons. The molecule has 0 unspecified atom stereocenters. The third kappa shape index (κ3) is 4.47. The van der Waals surface area contributed by atoms with Gasteiger partial charge in [0, 0.05) is 17.7 Å². The number of rotatable bonds is 4. The summed E-state index contributed by atoms with van der Waals surface area (Å²) in [6.07, 6.45) is -9.57. The van der Waals surface area contributed by atoms with Crippen LogP contribution in [0.25, 0.3) is 11.1 Å². The van der Waals surface area contributed by atoms with E-state index >= 15 is 0 Å². The summed E-state index contributed by atoms with van der Waals surface area (Å²) in [5, 5.41) is 0. The van der Waals surface area contributed by atoms with Crippen molar-refractivity contribution in [1.29, 1.82) is 0 Å². The smallest absolute Gasteiger partial charge is 0.426 e. The Morgan fingerprint density at radius 2 is 1.26 bits per heavy atom. The monoisotopic (exact) mass is 450 g/mol. The lowest BCUT2D eigenvalue weighted by molar-refractivity contribution is -0.185. The van der Waals surface area contributed by atoms with Crippen LogP contribution in [0.1, 0.15) is 16.7 Å². The summed E-state index contributed by atoms with van der Waals surface area (Å²) >= 11 is 0. The Labute approximate surface area is 169 Å². The number of halogens is 9. The second-order valence-corrected chi connectivity index (χ2v) is 6.51. The zero-order chi connectivity index (χ0) is 23.1. The Morgan fingerprint density at radius 1 is 0.710 bits per heavy atom. The van der Waals surface area contributed by atoms with Crippen molar-refractivity contribution < 1.29 is 44.3 Å². The molecule has 0 aromatic heterocycles. The molecule has 10 heteroatoms. The normalized spacial score (nSPS) is 12.2. The van der Waals surface area contributed by atoms with Gasteiger partial charge in [-0.3, -0.25) is 0 Å². The summed E-state index contributed by atoms with van der Waals surface area (Å²) in [7, 11) is 0. The summed E-state index contributed by atoms with van der Waals surface area (Å²) in [5.41, 5.74) is -3.16. The highest BCUT2D eigenvalue weighted by molar-refractivity contribution is 5.65. The van der Waals surface area contributed by atoms with Crippen LogP contribution in [0.4, 0.5) is 39.5 Å². The average molecular weight is 450 g/mol. The maximum Gasteiger partial charge on any atom is 0.426 e. The van der Waals surface area contributed by atoms with E-state index in [2.05, 4.69) is 4.74 Å². The van der Waals surface area contributed by atoms with E-state index in [-0.39, 0.29) is 28.8 Å². The fourth-order valence-corrected chi connectivity index (χ4v) is 2.80. The fourth-order valence-electron chi connectivity index (χ4n) is 2.80. The molecule has 0 N–H and O–H groups in total. The zero-order valence-corrected chi connectivity index (χ0v) is 15.4. The molecule has 3 aromatic carbocycles. The summed E-state index contributed by atoms with van der Waals surface area (Å²) in [6.45, 7) is 1.34. The van der Waals surface area contributed by atoms with E-state index in [1.165, 1.54) is 19.1 Å². The lowest BCUT2D eigenvalue weighted by atomic mass is 10.0. The van der Waals surface area contributed by atoms with Gasteiger partial charge in [-0.05, 0) is 30.2 Å². The largest absolute Gasteiger partial charge is 0.429 e. The Kier molecular flexibility index (Phi) is 5.68. The molecule has 164 valence electrons. The maximum absolute atomic E-state index is 14.3. The summed E-state index contributed by atoms with van der Waals surface area (Å²) in [4.78, 5) is 0. The van der Waals surface area contributed by atoms with Crippen molar-refractivity contribution in [2.75, 3.05) is 0 Å². The summed E-state index contributed by atoms with van der Waals surface area (Å²) in [5.74, 6) is -7.69. The van der Waals surface area contributed by atoms with Gasteiger partial charge in [-0.15, -0.1) is 0 Å². The van der Waals surface area contributed by atoms with E-state index in [1.807, 2.05) is 0 Å². The van der Waals surface area contributed by atoms with Crippen molar-refractivity contribution in [3.8, 4) is 16.9 Å².